The summed E-state index contributed by atoms with van der Waals surface area (Å²) in [6.45, 7) is 6.80. The van der Waals surface area contributed by atoms with E-state index in [1.807, 2.05) is 75.4 Å². The molecule has 0 saturated carbocycles. The third-order valence-electron chi connectivity index (χ3n) is 9.33. The standard InChI is InChI=1S/C42H49N5O10/c1-42(2,3)57-41(49)45-23-38(55-25-29-20-31-10-5-6-11-34(31)37(21-29)52-4)40(39(24-45)56-26-32(48)22-46-28-43-27-44-46)30-14-16-33(17-15-30)53-18-9-19-54-36-13-8-7-12-35(36)47(50)51/h5-8,10-17,20-21,27-28,32,38-40,48H,9,18-19,22-26H2,1-4H3/t32-,38+,39-,40-/m1/s1. The van der Waals surface area contributed by atoms with E-state index in [0.717, 1.165) is 27.6 Å². The number of aliphatic hydroxyl groups is 1. The van der Waals surface area contributed by atoms with Crippen molar-refractivity contribution in [2.75, 3.05) is 40.0 Å². The van der Waals surface area contributed by atoms with Crippen LogP contribution < -0.4 is 14.2 Å². The van der Waals surface area contributed by atoms with Crippen LogP contribution in [0, 0.1) is 10.1 Å². The van der Waals surface area contributed by atoms with E-state index in [0.29, 0.717) is 18.8 Å². The maximum absolute atomic E-state index is 13.6. The van der Waals surface area contributed by atoms with E-state index in [4.69, 9.17) is 28.4 Å². The molecule has 1 aliphatic heterocycles. The number of nitrogens with zero attached hydrogens (tertiary/aromatic N) is 5. The van der Waals surface area contributed by atoms with Gasteiger partial charge >= 0.3 is 11.8 Å². The van der Waals surface area contributed by atoms with Crippen LogP contribution in [0.2, 0.25) is 0 Å². The molecule has 0 aliphatic carbocycles. The summed E-state index contributed by atoms with van der Waals surface area (Å²) in [5, 5.41) is 28.3. The van der Waals surface area contributed by atoms with Crippen LogP contribution in [-0.4, -0.2) is 99.7 Å². The van der Waals surface area contributed by atoms with E-state index in [2.05, 4.69) is 16.1 Å². The van der Waals surface area contributed by atoms with Gasteiger partial charge in [0.05, 0.1) is 76.4 Å². The van der Waals surface area contributed by atoms with Gasteiger partial charge in [0.25, 0.3) is 0 Å². The number of ether oxygens (including phenoxy) is 6. The van der Waals surface area contributed by atoms with Crippen molar-refractivity contribution >= 4 is 22.6 Å². The molecule has 0 unspecified atom stereocenters. The molecule has 0 spiro atoms. The van der Waals surface area contributed by atoms with Crippen molar-refractivity contribution in [3.05, 3.63) is 119 Å². The van der Waals surface area contributed by atoms with Crippen LogP contribution in [0.3, 0.4) is 0 Å². The quantitative estimate of drug-likeness (QED) is 0.0613. The predicted octanol–water partition coefficient (Wildman–Crippen LogP) is 6.56. The summed E-state index contributed by atoms with van der Waals surface area (Å²) in [6.07, 6.45) is 0.880. The summed E-state index contributed by atoms with van der Waals surface area (Å²) in [5.74, 6) is 1.20. The van der Waals surface area contributed by atoms with Crippen LogP contribution >= 0.6 is 0 Å². The summed E-state index contributed by atoms with van der Waals surface area (Å²) in [5.41, 5.74) is 0.978. The lowest BCUT2D eigenvalue weighted by atomic mass is 9.84. The fourth-order valence-corrected chi connectivity index (χ4v) is 6.76. The van der Waals surface area contributed by atoms with Gasteiger partial charge in [0, 0.05) is 23.8 Å². The van der Waals surface area contributed by atoms with E-state index < -0.39 is 34.9 Å². The number of aliphatic hydroxyl groups excluding tert-OH is 1. The Labute approximate surface area is 331 Å². The fourth-order valence-electron chi connectivity index (χ4n) is 6.76. The first kappa shape index (κ1) is 40.9. The van der Waals surface area contributed by atoms with Crippen molar-refractivity contribution in [1.29, 1.82) is 0 Å². The highest BCUT2D eigenvalue weighted by Crippen LogP contribution is 2.36. The molecule has 1 amide bonds. The Morgan fingerprint density at radius 3 is 2.39 bits per heavy atom. The van der Waals surface area contributed by atoms with E-state index in [1.54, 1.807) is 30.2 Å². The van der Waals surface area contributed by atoms with Crippen molar-refractivity contribution in [1.82, 2.24) is 19.7 Å². The maximum atomic E-state index is 13.6. The zero-order chi connectivity index (χ0) is 40.4. The molecule has 1 aliphatic rings. The summed E-state index contributed by atoms with van der Waals surface area (Å²) in [7, 11) is 1.64. The molecular formula is C42H49N5O10. The average Bonchev–Trinajstić information content (AvgIpc) is 3.71. The van der Waals surface area contributed by atoms with Crippen LogP contribution in [-0.2, 0) is 27.4 Å². The first-order valence-corrected chi connectivity index (χ1v) is 18.8. The number of para-hydroxylation sites is 2. The number of carbonyl (C=O) groups is 1. The molecule has 57 heavy (non-hydrogen) atoms. The van der Waals surface area contributed by atoms with Crippen LogP contribution in [0.4, 0.5) is 10.5 Å². The van der Waals surface area contributed by atoms with E-state index in [9.17, 15) is 20.0 Å². The molecule has 1 saturated heterocycles. The van der Waals surface area contributed by atoms with Gasteiger partial charge in [-0.2, -0.15) is 5.10 Å². The smallest absolute Gasteiger partial charge is 0.410 e. The molecule has 2 heterocycles. The summed E-state index contributed by atoms with van der Waals surface area (Å²) < 4.78 is 37.9. The van der Waals surface area contributed by atoms with Gasteiger partial charge < -0.3 is 38.4 Å². The highest BCUT2D eigenvalue weighted by molar-refractivity contribution is 5.89. The molecule has 15 nitrogen and oxygen atoms in total. The Bertz CT molecular complexity index is 2070. The van der Waals surface area contributed by atoms with Crippen molar-refractivity contribution in [3.63, 3.8) is 0 Å². The highest BCUT2D eigenvalue weighted by Gasteiger charge is 2.42. The minimum atomic E-state index is -0.901. The number of hydrogen-bond acceptors (Lipinski definition) is 12. The third kappa shape index (κ3) is 11.2. The van der Waals surface area contributed by atoms with Crippen molar-refractivity contribution in [3.8, 4) is 17.2 Å². The van der Waals surface area contributed by atoms with Gasteiger partial charge in [-0.1, -0.05) is 48.5 Å². The van der Waals surface area contributed by atoms with Crippen LogP contribution in [0.5, 0.6) is 17.2 Å². The number of rotatable bonds is 17. The van der Waals surface area contributed by atoms with E-state index in [-0.39, 0.29) is 56.8 Å². The monoisotopic (exact) mass is 783 g/mol. The first-order valence-electron chi connectivity index (χ1n) is 18.8. The molecule has 5 aromatic rings. The third-order valence-corrected chi connectivity index (χ3v) is 9.33. The zero-order valence-corrected chi connectivity index (χ0v) is 32.6. The van der Waals surface area contributed by atoms with Crippen LogP contribution in [0.25, 0.3) is 10.8 Å². The Hall–Kier alpha value is -5.77. The maximum Gasteiger partial charge on any atom is 0.410 e. The summed E-state index contributed by atoms with van der Waals surface area (Å²) >= 11 is 0. The number of methoxy groups -OCH3 is 1. The fraction of sp³-hybridized carbons (Fsp3) is 0.405. The van der Waals surface area contributed by atoms with Gasteiger partial charge in [0.15, 0.2) is 5.75 Å². The largest absolute Gasteiger partial charge is 0.496 e. The first-order chi connectivity index (χ1) is 27.5. The normalized spacial score (nSPS) is 17.6. The summed E-state index contributed by atoms with van der Waals surface area (Å²) in [6, 6.07) is 25.9. The molecule has 0 bridgehead atoms. The average molecular weight is 784 g/mol. The second-order valence-corrected chi connectivity index (χ2v) is 14.8. The Morgan fingerprint density at radius 1 is 0.947 bits per heavy atom. The number of likely N-dealkylation sites (tertiary alicyclic amines) is 1. The molecule has 6 rings (SSSR count). The molecule has 302 valence electrons. The van der Waals surface area contributed by atoms with Crippen LogP contribution in [0.1, 0.15) is 44.2 Å². The van der Waals surface area contributed by atoms with Gasteiger partial charge in [0.2, 0.25) is 0 Å². The molecule has 0 radical (unpaired) electrons. The number of nitro benzene ring substituents is 1. The van der Waals surface area contributed by atoms with Crippen molar-refractivity contribution in [2.45, 2.75) is 70.2 Å². The number of benzene rings is 4. The molecule has 1 aromatic heterocycles. The Balaban J connectivity index is 1.21. The number of carbonyl (C=O) groups excluding carboxylic acids is 1. The van der Waals surface area contributed by atoms with Crippen molar-refractivity contribution in [2.24, 2.45) is 0 Å². The van der Waals surface area contributed by atoms with Gasteiger partial charge in [-0.15, -0.1) is 0 Å². The predicted molar refractivity (Wildman–Crippen MR) is 211 cm³/mol. The Kier molecular flexibility index (Phi) is 13.6. The van der Waals surface area contributed by atoms with E-state index in [1.165, 1.54) is 23.4 Å². The topological polar surface area (TPSA) is 170 Å². The van der Waals surface area contributed by atoms with Gasteiger partial charge in [-0.3, -0.25) is 14.8 Å². The number of fused-ring (bicyclic) bond motifs is 1. The SMILES string of the molecule is COc1cc(CO[C@H]2CN(C(=O)OC(C)(C)C)C[C@@H](OC[C@H](O)Cn3cncn3)[C@@H]2c2ccc(OCCCOc3ccccc3[N+](=O)[O-])cc2)cc2ccccc12. The lowest BCUT2D eigenvalue weighted by Gasteiger charge is -2.44. The van der Waals surface area contributed by atoms with Crippen molar-refractivity contribution < 1.29 is 43.2 Å². The molecule has 15 heteroatoms. The number of hydrogen-bond donors (Lipinski definition) is 1. The number of aromatic nitrogens is 3. The lowest BCUT2D eigenvalue weighted by molar-refractivity contribution is -0.385. The number of nitro groups is 1. The van der Waals surface area contributed by atoms with Gasteiger partial charge in [0.1, 0.15) is 29.8 Å². The van der Waals surface area contributed by atoms with Gasteiger partial charge in [-0.05, 0) is 67.6 Å². The molecule has 4 aromatic carbocycles. The minimum absolute atomic E-state index is 0.0345. The molecule has 4 atom stereocenters. The minimum Gasteiger partial charge on any atom is -0.496 e. The molecular weight excluding hydrogens is 734 g/mol. The van der Waals surface area contributed by atoms with Gasteiger partial charge in [-0.25, -0.2) is 9.78 Å². The number of piperidine rings is 1. The van der Waals surface area contributed by atoms with E-state index >= 15 is 0 Å². The zero-order valence-electron chi connectivity index (χ0n) is 32.6. The second kappa shape index (κ2) is 18.9. The molecule has 1 fully saturated rings. The Morgan fingerprint density at radius 2 is 1.67 bits per heavy atom. The van der Waals surface area contributed by atoms with Crippen LogP contribution in [0.15, 0.2) is 97.6 Å². The lowest BCUT2D eigenvalue weighted by Crippen LogP contribution is -2.55. The second-order valence-electron chi connectivity index (χ2n) is 14.8. The highest BCUT2D eigenvalue weighted by atomic mass is 16.6. The molecule has 1 N–H and O–H groups in total. The number of amides is 1. The summed E-state index contributed by atoms with van der Waals surface area (Å²) in [4.78, 5) is 30.0.